The maximum atomic E-state index is 11.8. The zero-order chi connectivity index (χ0) is 12.3. The van der Waals surface area contributed by atoms with Crippen molar-refractivity contribution in [3.05, 3.63) is 0 Å². The Morgan fingerprint density at radius 2 is 2.12 bits per heavy atom. The van der Waals surface area contributed by atoms with E-state index in [4.69, 9.17) is 0 Å². The van der Waals surface area contributed by atoms with Crippen LogP contribution in [0.5, 0.6) is 0 Å². The largest absolute Gasteiger partial charge is 0.348 e. The highest BCUT2D eigenvalue weighted by molar-refractivity contribution is 5.77. The Morgan fingerprint density at radius 3 is 2.76 bits per heavy atom. The second kappa shape index (κ2) is 5.83. The maximum Gasteiger partial charge on any atom is 0.236 e. The molecule has 0 radical (unpaired) electrons. The summed E-state index contributed by atoms with van der Waals surface area (Å²) in [5.74, 6) is 0.231. The van der Waals surface area contributed by atoms with Gasteiger partial charge in [-0.25, -0.2) is 0 Å². The number of nitrogens with one attached hydrogen (secondary N) is 1. The van der Waals surface area contributed by atoms with E-state index < -0.39 is 0 Å². The van der Waals surface area contributed by atoms with Crippen LogP contribution in [-0.4, -0.2) is 61.5 Å². The summed E-state index contributed by atoms with van der Waals surface area (Å²) >= 11 is 0. The van der Waals surface area contributed by atoms with Crippen LogP contribution in [0.3, 0.4) is 0 Å². The first-order chi connectivity index (χ1) is 8.18. The van der Waals surface area contributed by atoms with E-state index in [1.54, 1.807) is 4.90 Å². The molecule has 1 N–H and O–H groups in total. The Morgan fingerprint density at radius 1 is 1.29 bits per heavy atom. The smallest absolute Gasteiger partial charge is 0.236 e. The van der Waals surface area contributed by atoms with Gasteiger partial charge in [0.25, 0.3) is 0 Å². The number of hydrogen-bond acceptors (Lipinski definition) is 3. The Balaban J connectivity index is 1.94. The lowest BCUT2D eigenvalue weighted by molar-refractivity contribution is -0.131. The van der Waals surface area contributed by atoms with E-state index in [9.17, 15) is 4.79 Å². The predicted octanol–water partition coefficient (Wildman–Crippen LogP) is 0.681. The second-order valence-corrected chi connectivity index (χ2v) is 5.52. The van der Waals surface area contributed by atoms with E-state index in [0.717, 1.165) is 13.1 Å². The highest BCUT2D eigenvalue weighted by Crippen LogP contribution is 2.23. The number of likely N-dealkylation sites (N-methyl/N-ethyl adjacent to an activating group) is 1. The molecule has 98 valence electrons. The molecule has 2 heterocycles. The molecule has 0 aromatic heterocycles. The summed E-state index contributed by atoms with van der Waals surface area (Å²) < 4.78 is 0. The van der Waals surface area contributed by atoms with E-state index in [1.807, 2.05) is 14.1 Å². The van der Waals surface area contributed by atoms with Gasteiger partial charge in [-0.3, -0.25) is 9.69 Å². The van der Waals surface area contributed by atoms with Gasteiger partial charge in [-0.1, -0.05) is 6.42 Å². The molecule has 0 spiro atoms. The zero-order valence-electron chi connectivity index (χ0n) is 11.1. The number of carbonyl (C=O) groups is 1. The van der Waals surface area contributed by atoms with E-state index in [-0.39, 0.29) is 5.91 Å². The minimum atomic E-state index is 0.231. The van der Waals surface area contributed by atoms with Gasteiger partial charge in [0.15, 0.2) is 0 Å². The molecule has 1 amide bonds. The van der Waals surface area contributed by atoms with Crippen LogP contribution in [0.2, 0.25) is 0 Å². The molecule has 2 atom stereocenters. The Hall–Kier alpha value is -0.610. The summed E-state index contributed by atoms with van der Waals surface area (Å²) in [6.07, 6.45) is 6.37. The molecule has 0 aromatic rings. The molecule has 4 heteroatoms. The normalized spacial score (nSPS) is 30.5. The van der Waals surface area contributed by atoms with E-state index in [2.05, 4.69) is 10.2 Å². The highest BCUT2D eigenvalue weighted by Gasteiger charge is 2.32. The molecule has 4 nitrogen and oxygen atoms in total. The first-order valence-corrected chi connectivity index (χ1v) is 6.86. The molecule has 2 rings (SSSR count). The molecule has 17 heavy (non-hydrogen) atoms. The molecular weight excluding hydrogens is 214 g/mol. The third kappa shape index (κ3) is 3.19. The molecular formula is C13H25N3O. The van der Waals surface area contributed by atoms with Crippen molar-refractivity contribution in [3.8, 4) is 0 Å². The lowest BCUT2D eigenvalue weighted by Crippen LogP contribution is -2.52. The quantitative estimate of drug-likeness (QED) is 0.787. The van der Waals surface area contributed by atoms with Crippen molar-refractivity contribution in [1.82, 2.24) is 15.1 Å². The molecule has 2 aliphatic heterocycles. The number of rotatable bonds is 3. The third-order valence-corrected chi connectivity index (χ3v) is 4.06. The van der Waals surface area contributed by atoms with Gasteiger partial charge < -0.3 is 10.2 Å². The fourth-order valence-electron chi connectivity index (χ4n) is 3.02. The molecule has 0 aliphatic carbocycles. The van der Waals surface area contributed by atoms with Gasteiger partial charge in [-0.2, -0.15) is 0 Å². The Labute approximate surface area is 104 Å². The molecule has 2 fully saturated rings. The van der Waals surface area contributed by atoms with Crippen LogP contribution in [-0.2, 0) is 4.79 Å². The van der Waals surface area contributed by atoms with Crippen molar-refractivity contribution in [2.24, 2.45) is 0 Å². The second-order valence-electron chi connectivity index (χ2n) is 5.52. The van der Waals surface area contributed by atoms with Crippen LogP contribution in [0.15, 0.2) is 0 Å². The average molecular weight is 239 g/mol. The van der Waals surface area contributed by atoms with Crippen LogP contribution in [0.4, 0.5) is 0 Å². The monoisotopic (exact) mass is 239 g/mol. The van der Waals surface area contributed by atoms with Gasteiger partial charge in [0, 0.05) is 26.2 Å². The summed E-state index contributed by atoms with van der Waals surface area (Å²) in [5.41, 5.74) is 0. The number of amides is 1. The first kappa shape index (κ1) is 12.8. The minimum absolute atomic E-state index is 0.231. The van der Waals surface area contributed by atoms with Crippen LogP contribution in [0, 0.1) is 0 Å². The van der Waals surface area contributed by atoms with E-state index >= 15 is 0 Å². The van der Waals surface area contributed by atoms with Crippen LogP contribution >= 0.6 is 0 Å². The number of carbonyl (C=O) groups excluding carboxylic acids is 1. The predicted molar refractivity (Wildman–Crippen MR) is 68.9 cm³/mol. The van der Waals surface area contributed by atoms with Crippen LogP contribution < -0.4 is 5.32 Å². The topological polar surface area (TPSA) is 35.6 Å². The third-order valence-electron chi connectivity index (χ3n) is 4.06. The van der Waals surface area contributed by atoms with Gasteiger partial charge in [-0.15, -0.1) is 0 Å². The zero-order valence-corrected chi connectivity index (χ0v) is 11.1. The standard InChI is InChI=1S/C13H25N3O/c1-15(2)13(17)10-16-9-4-3-7-12(16)11-6-5-8-14-11/h11-12,14H,3-10H2,1-2H3. The summed E-state index contributed by atoms with van der Waals surface area (Å²) in [5, 5.41) is 3.59. The molecule has 2 saturated heterocycles. The minimum Gasteiger partial charge on any atom is -0.348 e. The Kier molecular flexibility index (Phi) is 4.40. The van der Waals surface area contributed by atoms with Crippen molar-refractivity contribution in [2.75, 3.05) is 33.7 Å². The van der Waals surface area contributed by atoms with Crippen LogP contribution in [0.25, 0.3) is 0 Å². The Bertz CT molecular complexity index is 261. The molecule has 2 unspecified atom stereocenters. The van der Waals surface area contributed by atoms with Crippen molar-refractivity contribution >= 4 is 5.91 Å². The number of nitrogens with zero attached hydrogens (tertiary/aromatic N) is 2. The van der Waals surface area contributed by atoms with Crippen LogP contribution in [0.1, 0.15) is 32.1 Å². The fraction of sp³-hybridized carbons (Fsp3) is 0.923. The molecule has 0 aromatic carbocycles. The van der Waals surface area contributed by atoms with E-state index in [1.165, 1.54) is 32.1 Å². The summed E-state index contributed by atoms with van der Waals surface area (Å²) in [6, 6.07) is 1.19. The first-order valence-electron chi connectivity index (χ1n) is 6.86. The summed E-state index contributed by atoms with van der Waals surface area (Å²) in [4.78, 5) is 15.9. The molecule has 2 aliphatic rings. The average Bonchev–Trinajstić information content (AvgIpc) is 2.83. The highest BCUT2D eigenvalue weighted by atomic mass is 16.2. The van der Waals surface area contributed by atoms with Crippen molar-refractivity contribution in [2.45, 2.75) is 44.2 Å². The van der Waals surface area contributed by atoms with Crippen molar-refractivity contribution < 1.29 is 4.79 Å². The number of likely N-dealkylation sites (tertiary alicyclic amines) is 1. The number of piperidine rings is 1. The van der Waals surface area contributed by atoms with Gasteiger partial charge in [0.05, 0.1) is 6.54 Å². The number of hydrogen-bond donors (Lipinski definition) is 1. The van der Waals surface area contributed by atoms with Gasteiger partial charge in [0.2, 0.25) is 5.91 Å². The van der Waals surface area contributed by atoms with E-state index in [0.29, 0.717) is 18.6 Å². The fourth-order valence-corrected chi connectivity index (χ4v) is 3.02. The SMILES string of the molecule is CN(C)C(=O)CN1CCCCC1C1CCCN1. The molecule has 0 saturated carbocycles. The van der Waals surface area contributed by atoms with Gasteiger partial charge in [0.1, 0.15) is 0 Å². The maximum absolute atomic E-state index is 11.8. The lowest BCUT2D eigenvalue weighted by atomic mass is 9.94. The van der Waals surface area contributed by atoms with Gasteiger partial charge in [-0.05, 0) is 38.8 Å². The summed E-state index contributed by atoms with van der Waals surface area (Å²) in [7, 11) is 3.68. The molecule has 0 bridgehead atoms. The van der Waals surface area contributed by atoms with Crippen molar-refractivity contribution in [3.63, 3.8) is 0 Å². The van der Waals surface area contributed by atoms with Crippen molar-refractivity contribution in [1.29, 1.82) is 0 Å². The summed E-state index contributed by atoms with van der Waals surface area (Å²) in [6.45, 7) is 2.83. The van der Waals surface area contributed by atoms with Gasteiger partial charge >= 0.3 is 0 Å². The lowest BCUT2D eigenvalue weighted by Gasteiger charge is -2.39.